The normalized spacial score (nSPS) is 13.8. The lowest BCUT2D eigenvalue weighted by molar-refractivity contribution is -0.116. The van der Waals surface area contributed by atoms with Gasteiger partial charge < -0.3 is 4.90 Å². The highest BCUT2D eigenvalue weighted by Gasteiger charge is 2.24. The van der Waals surface area contributed by atoms with E-state index < -0.39 is 0 Å². The van der Waals surface area contributed by atoms with Crippen molar-refractivity contribution in [2.45, 2.75) is 17.9 Å². The summed E-state index contributed by atoms with van der Waals surface area (Å²) in [5.74, 6) is 0.433. The number of amides is 1. The van der Waals surface area contributed by atoms with Gasteiger partial charge in [0, 0.05) is 17.2 Å². The molecular formula is C16H14BrClN2OS. The second kappa shape index (κ2) is 7.02. The van der Waals surface area contributed by atoms with Gasteiger partial charge in [0.05, 0.1) is 21.5 Å². The van der Waals surface area contributed by atoms with Gasteiger partial charge in [0.15, 0.2) is 0 Å². The topological polar surface area (TPSA) is 33.2 Å². The molecular weight excluding hydrogens is 384 g/mol. The van der Waals surface area contributed by atoms with Gasteiger partial charge in [0.25, 0.3) is 0 Å². The third-order valence-electron chi connectivity index (χ3n) is 3.51. The molecule has 2 heterocycles. The van der Waals surface area contributed by atoms with Crippen molar-refractivity contribution in [2.75, 3.05) is 17.2 Å². The number of nitrogens with zero attached hydrogens (tertiary/aromatic N) is 2. The van der Waals surface area contributed by atoms with Crippen molar-refractivity contribution in [3.63, 3.8) is 0 Å². The van der Waals surface area contributed by atoms with Crippen molar-refractivity contribution < 1.29 is 4.79 Å². The Balaban J connectivity index is 1.72. The van der Waals surface area contributed by atoms with Gasteiger partial charge in [-0.15, -0.1) is 0 Å². The molecule has 114 valence electrons. The number of carbonyl (C=O) groups is 1. The molecule has 0 unspecified atom stereocenters. The zero-order valence-corrected chi connectivity index (χ0v) is 14.9. The van der Waals surface area contributed by atoms with E-state index in [4.69, 9.17) is 11.6 Å². The molecule has 0 saturated heterocycles. The van der Waals surface area contributed by atoms with E-state index in [2.05, 4.69) is 20.9 Å². The number of fused-ring (bicyclic) bond motifs is 1. The van der Waals surface area contributed by atoms with E-state index in [1.54, 1.807) is 6.20 Å². The summed E-state index contributed by atoms with van der Waals surface area (Å²) in [5, 5.41) is 1.49. The van der Waals surface area contributed by atoms with Crippen LogP contribution in [0.4, 0.5) is 5.69 Å². The zero-order valence-electron chi connectivity index (χ0n) is 11.8. The summed E-state index contributed by atoms with van der Waals surface area (Å²) >= 11 is 11.1. The Kier molecular flexibility index (Phi) is 5.06. The summed E-state index contributed by atoms with van der Waals surface area (Å²) < 4.78 is 0.930. The first kappa shape index (κ1) is 15.8. The van der Waals surface area contributed by atoms with Crippen LogP contribution in [0.5, 0.6) is 0 Å². The Morgan fingerprint density at radius 3 is 3.00 bits per heavy atom. The van der Waals surface area contributed by atoms with Crippen molar-refractivity contribution in [3.05, 3.63) is 51.6 Å². The van der Waals surface area contributed by atoms with E-state index in [0.717, 1.165) is 40.1 Å². The van der Waals surface area contributed by atoms with E-state index in [1.165, 1.54) is 11.8 Å². The lowest BCUT2D eigenvalue weighted by atomic mass is 10.0. The van der Waals surface area contributed by atoms with Crippen LogP contribution in [-0.4, -0.2) is 23.2 Å². The molecule has 1 aromatic carbocycles. The number of thioether (sulfide) groups is 1. The molecule has 0 atom stereocenters. The molecule has 0 spiro atoms. The molecule has 1 aromatic heterocycles. The number of carbonyl (C=O) groups excluding carboxylic acids is 1. The minimum Gasteiger partial charge on any atom is -0.310 e. The number of aromatic nitrogens is 1. The average molecular weight is 398 g/mol. The first-order valence-electron chi connectivity index (χ1n) is 6.97. The number of hydrogen-bond donors (Lipinski definition) is 0. The highest BCUT2D eigenvalue weighted by molar-refractivity contribution is 9.10. The fourth-order valence-corrected chi connectivity index (χ4v) is 3.76. The van der Waals surface area contributed by atoms with Gasteiger partial charge in [0.1, 0.15) is 0 Å². The predicted molar refractivity (Wildman–Crippen MR) is 94.8 cm³/mol. The van der Waals surface area contributed by atoms with Crippen LogP contribution in [-0.2, 0) is 11.2 Å². The van der Waals surface area contributed by atoms with E-state index in [9.17, 15) is 4.79 Å². The van der Waals surface area contributed by atoms with Crippen LogP contribution < -0.4 is 4.90 Å². The summed E-state index contributed by atoms with van der Waals surface area (Å²) in [7, 11) is 0. The minimum atomic E-state index is 0.0729. The molecule has 3 rings (SSSR count). The van der Waals surface area contributed by atoms with Crippen molar-refractivity contribution in [1.29, 1.82) is 0 Å². The van der Waals surface area contributed by atoms with E-state index >= 15 is 0 Å². The molecule has 0 fully saturated rings. The standard InChI is InChI=1S/C16H14BrClN2OS/c17-12-6-7-14(19-9-12)22-10-15(21)20-8-2-4-11-3-1-5-13(18)16(11)20/h1,3,5-7,9H,2,4,8,10H2. The maximum atomic E-state index is 12.6. The summed E-state index contributed by atoms with van der Waals surface area (Å²) in [5.41, 5.74) is 2.03. The second-order valence-corrected chi connectivity index (χ2v) is 7.32. The molecule has 22 heavy (non-hydrogen) atoms. The number of para-hydroxylation sites is 1. The van der Waals surface area contributed by atoms with Crippen LogP contribution in [0.15, 0.2) is 46.0 Å². The number of rotatable bonds is 3. The number of hydrogen-bond acceptors (Lipinski definition) is 3. The van der Waals surface area contributed by atoms with Gasteiger partial charge in [-0.2, -0.15) is 0 Å². The first-order chi connectivity index (χ1) is 10.6. The van der Waals surface area contributed by atoms with Gasteiger partial charge in [-0.3, -0.25) is 4.79 Å². The lowest BCUT2D eigenvalue weighted by Gasteiger charge is -2.30. The Labute approximate surface area is 147 Å². The highest BCUT2D eigenvalue weighted by atomic mass is 79.9. The Morgan fingerprint density at radius 1 is 1.36 bits per heavy atom. The molecule has 1 amide bonds. The molecule has 3 nitrogen and oxygen atoms in total. The number of aryl methyl sites for hydroxylation is 1. The maximum absolute atomic E-state index is 12.6. The second-order valence-electron chi connectivity index (χ2n) is 5.00. The molecule has 0 N–H and O–H groups in total. The number of anilines is 1. The molecule has 0 bridgehead atoms. The summed E-state index contributed by atoms with van der Waals surface area (Å²) in [6, 6.07) is 9.65. The molecule has 0 saturated carbocycles. The van der Waals surface area contributed by atoms with Gasteiger partial charge in [-0.25, -0.2) is 4.98 Å². The van der Waals surface area contributed by atoms with Crippen LogP contribution in [0.3, 0.4) is 0 Å². The number of halogens is 2. The van der Waals surface area contributed by atoms with Crippen molar-refractivity contribution in [1.82, 2.24) is 4.98 Å². The predicted octanol–water partition coefficient (Wildman–Crippen LogP) is 4.57. The molecule has 1 aliphatic rings. The Morgan fingerprint density at radius 2 is 2.23 bits per heavy atom. The van der Waals surface area contributed by atoms with Gasteiger partial charge in [0.2, 0.25) is 5.91 Å². The van der Waals surface area contributed by atoms with E-state index in [-0.39, 0.29) is 5.91 Å². The molecule has 2 aromatic rings. The van der Waals surface area contributed by atoms with Crippen LogP contribution in [0.1, 0.15) is 12.0 Å². The van der Waals surface area contributed by atoms with Crippen molar-refractivity contribution in [2.24, 2.45) is 0 Å². The number of benzene rings is 1. The van der Waals surface area contributed by atoms with Gasteiger partial charge >= 0.3 is 0 Å². The summed E-state index contributed by atoms with van der Waals surface area (Å²) in [6.45, 7) is 0.726. The third-order valence-corrected chi connectivity index (χ3v) is 5.22. The monoisotopic (exact) mass is 396 g/mol. The zero-order chi connectivity index (χ0) is 15.5. The van der Waals surface area contributed by atoms with E-state index in [1.807, 2.05) is 35.2 Å². The SMILES string of the molecule is O=C(CSc1ccc(Br)cn1)N1CCCc2cccc(Cl)c21. The maximum Gasteiger partial charge on any atom is 0.237 e. The summed E-state index contributed by atoms with van der Waals surface area (Å²) in [6.07, 6.45) is 3.68. The van der Waals surface area contributed by atoms with Crippen LogP contribution in [0.25, 0.3) is 0 Å². The van der Waals surface area contributed by atoms with Crippen molar-refractivity contribution in [3.8, 4) is 0 Å². The fourth-order valence-electron chi connectivity index (χ4n) is 2.51. The Bertz CT molecular complexity index is 693. The number of pyridine rings is 1. The van der Waals surface area contributed by atoms with Gasteiger partial charge in [-0.1, -0.05) is 35.5 Å². The molecule has 1 aliphatic heterocycles. The van der Waals surface area contributed by atoms with Gasteiger partial charge in [-0.05, 0) is 52.5 Å². The average Bonchev–Trinajstić information content (AvgIpc) is 2.54. The van der Waals surface area contributed by atoms with E-state index in [0.29, 0.717) is 10.8 Å². The molecule has 6 heteroatoms. The van der Waals surface area contributed by atoms with Crippen LogP contribution in [0.2, 0.25) is 5.02 Å². The minimum absolute atomic E-state index is 0.0729. The smallest absolute Gasteiger partial charge is 0.237 e. The summed E-state index contributed by atoms with van der Waals surface area (Å²) in [4.78, 5) is 18.7. The largest absolute Gasteiger partial charge is 0.310 e. The lowest BCUT2D eigenvalue weighted by Crippen LogP contribution is -2.37. The first-order valence-corrected chi connectivity index (χ1v) is 9.13. The highest BCUT2D eigenvalue weighted by Crippen LogP contribution is 2.34. The molecule has 0 aliphatic carbocycles. The molecule has 0 radical (unpaired) electrons. The fraction of sp³-hybridized carbons (Fsp3) is 0.250. The Hall–Kier alpha value is -1.04. The quantitative estimate of drug-likeness (QED) is 0.711. The van der Waals surface area contributed by atoms with Crippen LogP contribution >= 0.6 is 39.3 Å². The van der Waals surface area contributed by atoms with Crippen molar-refractivity contribution >= 4 is 50.9 Å². The van der Waals surface area contributed by atoms with Crippen LogP contribution in [0, 0.1) is 0 Å². The third kappa shape index (κ3) is 3.47.